The van der Waals surface area contributed by atoms with Gasteiger partial charge >= 0.3 is 0 Å². The van der Waals surface area contributed by atoms with Gasteiger partial charge in [0.05, 0.1) is 0 Å². The number of para-hydroxylation sites is 1. The van der Waals surface area contributed by atoms with E-state index in [0.717, 1.165) is 0 Å². The first-order valence-corrected chi connectivity index (χ1v) is 3.92. The van der Waals surface area contributed by atoms with Crippen molar-refractivity contribution in [2.75, 3.05) is 7.05 Å². The second kappa shape index (κ2) is 3.91. The molecule has 70 valence electrons. The molecular formula is C9H12N2O2. The van der Waals surface area contributed by atoms with Crippen LogP contribution in [0.15, 0.2) is 24.3 Å². The van der Waals surface area contributed by atoms with E-state index in [1.165, 1.54) is 13.1 Å². The third kappa shape index (κ3) is 1.97. The molecule has 1 aromatic rings. The number of carbonyl (C=O) groups is 1. The Morgan fingerprint density at radius 1 is 1.54 bits per heavy atom. The van der Waals surface area contributed by atoms with Crippen LogP contribution in [-0.4, -0.2) is 18.1 Å². The van der Waals surface area contributed by atoms with Crippen LogP contribution in [0.2, 0.25) is 0 Å². The Balaban J connectivity index is 2.95. The maximum absolute atomic E-state index is 11.1. The summed E-state index contributed by atoms with van der Waals surface area (Å²) in [5, 5.41) is 11.8. The van der Waals surface area contributed by atoms with Gasteiger partial charge < -0.3 is 16.2 Å². The zero-order chi connectivity index (χ0) is 9.84. The summed E-state index contributed by atoms with van der Waals surface area (Å²) >= 11 is 0. The molecule has 4 N–H and O–H groups in total. The second-order valence-corrected chi connectivity index (χ2v) is 2.65. The molecule has 0 spiro atoms. The average molecular weight is 180 g/mol. The third-order valence-electron chi connectivity index (χ3n) is 1.80. The Kier molecular flexibility index (Phi) is 2.87. The number of rotatable bonds is 2. The van der Waals surface area contributed by atoms with E-state index in [-0.39, 0.29) is 11.7 Å². The minimum atomic E-state index is -0.814. The summed E-state index contributed by atoms with van der Waals surface area (Å²) in [6.45, 7) is 0. The zero-order valence-corrected chi connectivity index (χ0v) is 7.32. The molecule has 4 heteroatoms. The Morgan fingerprint density at radius 3 is 2.69 bits per heavy atom. The van der Waals surface area contributed by atoms with E-state index < -0.39 is 6.04 Å². The fraction of sp³-hybridized carbons (Fsp3) is 0.222. The van der Waals surface area contributed by atoms with Crippen LogP contribution in [0.1, 0.15) is 11.6 Å². The normalized spacial score (nSPS) is 12.2. The van der Waals surface area contributed by atoms with E-state index >= 15 is 0 Å². The quantitative estimate of drug-likeness (QED) is 0.606. The van der Waals surface area contributed by atoms with Gasteiger partial charge in [0.1, 0.15) is 11.8 Å². The van der Waals surface area contributed by atoms with E-state index in [1.54, 1.807) is 18.2 Å². The number of phenols is 1. The number of hydrogen-bond acceptors (Lipinski definition) is 3. The lowest BCUT2D eigenvalue weighted by molar-refractivity contribution is -0.122. The molecule has 1 aromatic carbocycles. The van der Waals surface area contributed by atoms with Crippen LogP contribution >= 0.6 is 0 Å². The van der Waals surface area contributed by atoms with Crippen molar-refractivity contribution in [3.63, 3.8) is 0 Å². The van der Waals surface area contributed by atoms with Crippen LogP contribution in [0.4, 0.5) is 0 Å². The molecule has 0 fully saturated rings. The lowest BCUT2D eigenvalue weighted by Gasteiger charge is -2.11. The van der Waals surface area contributed by atoms with E-state index in [2.05, 4.69) is 5.32 Å². The number of carbonyl (C=O) groups excluding carboxylic acids is 1. The van der Waals surface area contributed by atoms with Gasteiger partial charge in [-0.25, -0.2) is 0 Å². The van der Waals surface area contributed by atoms with Crippen molar-refractivity contribution in [2.45, 2.75) is 6.04 Å². The first-order chi connectivity index (χ1) is 6.16. The molecule has 0 aromatic heterocycles. The molecule has 1 amide bonds. The minimum absolute atomic E-state index is 0.0404. The third-order valence-corrected chi connectivity index (χ3v) is 1.80. The molecule has 0 aliphatic carbocycles. The fourth-order valence-corrected chi connectivity index (χ4v) is 1.05. The molecule has 1 rings (SSSR count). The van der Waals surface area contributed by atoms with Gasteiger partial charge in [0.15, 0.2) is 0 Å². The fourth-order valence-electron chi connectivity index (χ4n) is 1.05. The Morgan fingerprint density at radius 2 is 2.15 bits per heavy atom. The molecule has 1 atom stereocenters. The van der Waals surface area contributed by atoms with Crippen molar-refractivity contribution in [2.24, 2.45) is 5.73 Å². The van der Waals surface area contributed by atoms with E-state index in [4.69, 9.17) is 5.73 Å². The topological polar surface area (TPSA) is 75.4 Å². The monoisotopic (exact) mass is 180 g/mol. The van der Waals surface area contributed by atoms with Crippen molar-refractivity contribution in [1.82, 2.24) is 5.32 Å². The van der Waals surface area contributed by atoms with Crippen molar-refractivity contribution in [3.05, 3.63) is 29.8 Å². The Bertz CT molecular complexity index is 312. The molecule has 0 bridgehead atoms. The SMILES string of the molecule is CNC(=O)C(N)c1ccccc1O. The lowest BCUT2D eigenvalue weighted by Crippen LogP contribution is -2.31. The number of nitrogens with two attached hydrogens (primary N) is 1. The zero-order valence-electron chi connectivity index (χ0n) is 7.32. The molecule has 0 aliphatic rings. The van der Waals surface area contributed by atoms with Crippen LogP contribution in [0.5, 0.6) is 5.75 Å². The summed E-state index contributed by atoms with van der Waals surface area (Å²) in [4.78, 5) is 11.1. The number of likely N-dealkylation sites (N-methyl/N-ethyl adjacent to an activating group) is 1. The maximum Gasteiger partial charge on any atom is 0.241 e. The van der Waals surface area contributed by atoms with Crippen LogP contribution in [0, 0.1) is 0 Å². The molecule has 0 aliphatic heterocycles. The van der Waals surface area contributed by atoms with Gasteiger partial charge in [-0.2, -0.15) is 0 Å². The van der Waals surface area contributed by atoms with Gasteiger partial charge in [0.2, 0.25) is 5.91 Å². The van der Waals surface area contributed by atoms with Gasteiger partial charge in [-0.3, -0.25) is 4.79 Å². The van der Waals surface area contributed by atoms with Crippen molar-refractivity contribution in [3.8, 4) is 5.75 Å². The Hall–Kier alpha value is -1.55. The van der Waals surface area contributed by atoms with Crippen molar-refractivity contribution >= 4 is 5.91 Å². The number of aromatic hydroxyl groups is 1. The molecule has 13 heavy (non-hydrogen) atoms. The minimum Gasteiger partial charge on any atom is -0.508 e. The predicted octanol–water partition coefficient (Wildman–Crippen LogP) is 0.138. The first-order valence-electron chi connectivity index (χ1n) is 3.92. The van der Waals surface area contributed by atoms with Gasteiger partial charge in [-0.05, 0) is 6.07 Å². The molecule has 4 nitrogen and oxygen atoms in total. The van der Waals surface area contributed by atoms with Gasteiger partial charge in [-0.15, -0.1) is 0 Å². The smallest absolute Gasteiger partial charge is 0.241 e. The van der Waals surface area contributed by atoms with Gasteiger partial charge in [0, 0.05) is 12.6 Å². The van der Waals surface area contributed by atoms with Crippen LogP contribution in [0.25, 0.3) is 0 Å². The number of hydrogen-bond donors (Lipinski definition) is 3. The summed E-state index contributed by atoms with van der Waals surface area (Å²) in [7, 11) is 1.50. The molecule has 0 saturated heterocycles. The lowest BCUT2D eigenvalue weighted by atomic mass is 10.1. The maximum atomic E-state index is 11.1. The van der Waals surface area contributed by atoms with Gasteiger partial charge in [-0.1, -0.05) is 18.2 Å². The summed E-state index contributed by atoms with van der Waals surface area (Å²) in [5.74, 6) is -0.278. The molecule has 0 heterocycles. The number of phenolic OH excluding ortho intramolecular Hbond substituents is 1. The van der Waals surface area contributed by atoms with Crippen LogP contribution in [-0.2, 0) is 4.79 Å². The summed E-state index contributed by atoms with van der Waals surface area (Å²) in [6.07, 6.45) is 0. The van der Waals surface area contributed by atoms with E-state index in [0.29, 0.717) is 5.56 Å². The van der Waals surface area contributed by atoms with Crippen LogP contribution in [0.3, 0.4) is 0 Å². The highest BCUT2D eigenvalue weighted by Gasteiger charge is 2.16. The molecular weight excluding hydrogens is 168 g/mol. The predicted molar refractivity (Wildman–Crippen MR) is 49.1 cm³/mol. The molecule has 1 unspecified atom stereocenters. The number of amides is 1. The van der Waals surface area contributed by atoms with E-state index in [9.17, 15) is 9.90 Å². The number of benzene rings is 1. The van der Waals surface area contributed by atoms with Gasteiger partial charge in [0.25, 0.3) is 0 Å². The highest BCUT2D eigenvalue weighted by atomic mass is 16.3. The highest BCUT2D eigenvalue weighted by molar-refractivity contribution is 5.83. The summed E-state index contributed by atoms with van der Waals surface area (Å²) in [6, 6.07) is 5.70. The van der Waals surface area contributed by atoms with Crippen LogP contribution < -0.4 is 11.1 Å². The Labute approximate surface area is 76.4 Å². The standard InChI is InChI=1S/C9H12N2O2/c1-11-9(13)8(10)6-4-2-3-5-7(6)12/h2-5,8,12H,10H2,1H3,(H,11,13). The number of nitrogens with one attached hydrogen (secondary N) is 1. The average Bonchev–Trinajstić information content (AvgIpc) is 2.16. The molecule has 0 saturated carbocycles. The van der Waals surface area contributed by atoms with E-state index in [1.807, 2.05) is 0 Å². The second-order valence-electron chi connectivity index (χ2n) is 2.65. The van der Waals surface area contributed by atoms with Crippen molar-refractivity contribution < 1.29 is 9.90 Å². The van der Waals surface area contributed by atoms with Crippen molar-refractivity contribution in [1.29, 1.82) is 0 Å². The largest absolute Gasteiger partial charge is 0.508 e. The summed E-state index contributed by atoms with van der Waals surface area (Å²) in [5.41, 5.74) is 6.01. The first kappa shape index (κ1) is 9.54. The summed E-state index contributed by atoms with van der Waals surface area (Å²) < 4.78 is 0. The molecule has 0 radical (unpaired) electrons. The highest BCUT2D eigenvalue weighted by Crippen LogP contribution is 2.21.